The Labute approximate surface area is 147 Å². The van der Waals surface area contributed by atoms with E-state index in [2.05, 4.69) is 10.6 Å². The van der Waals surface area contributed by atoms with E-state index >= 15 is 0 Å². The van der Waals surface area contributed by atoms with E-state index in [9.17, 15) is 0 Å². The molecule has 0 aromatic carbocycles. The first-order valence-corrected chi connectivity index (χ1v) is 10.4. The molecule has 25 heavy (non-hydrogen) atoms. The molecule has 158 valence electrons. The van der Waals surface area contributed by atoms with Crippen molar-refractivity contribution in [2.45, 2.75) is 25.7 Å². The van der Waals surface area contributed by atoms with Crippen molar-refractivity contribution < 1.29 is 44.0 Å². The predicted molar refractivity (Wildman–Crippen MR) is 94.5 cm³/mol. The molecule has 0 radical (unpaired) electrons. The van der Waals surface area contributed by atoms with Crippen molar-refractivity contribution in [2.24, 2.45) is 11.5 Å². The van der Waals surface area contributed by atoms with E-state index in [1.807, 2.05) is 0 Å². The molecule has 0 bridgehead atoms. The molecule has 0 aromatic heterocycles. The van der Waals surface area contributed by atoms with Crippen LogP contribution in [0.1, 0.15) is 25.7 Å². The van der Waals surface area contributed by atoms with E-state index < -0.39 is 15.6 Å². The summed E-state index contributed by atoms with van der Waals surface area (Å²) < 4.78 is 17.8. The van der Waals surface area contributed by atoms with Gasteiger partial charge in [0, 0.05) is 0 Å². The summed E-state index contributed by atoms with van der Waals surface area (Å²) in [7, 11) is -9.28. The fourth-order valence-corrected chi connectivity index (χ4v) is 1.20. The summed E-state index contributed by atoms with van der Waals surface area (Å²) in [6.07, 6.45) is 4.63. The van der Waals surface area contributed by atoms with Gasteiger partial charge < -0.3 is 56.9 Å². The van der Waals surface area contributed by atoms with Gasteiger partial charge in [0.2, 0.25) is 0 Å². The van der Waals surface area contributed by atoms with Crippen molar-refractivity contribution in [1.82, 2.24) is 10.6 Å². The Bertz CT molecular complexity index is 292. The lowest BCUT2D eigenvalue weighted by molar-refractivity contribution is 0.272. The van der Waals surface area contributed by atoms with Crippen LogP contribution in [0.15, 0.2) is 0 Å². The highest BCUT2D eigenvalue weighted by Gasteiger charge is 2.00. The molecule has 0 aromatic rings. The van der Waals surface area contributed by atoms with Crippen LogP contribution in [0.4, 0.5) is 0 Å². The van der Waals surface area contributed by atoms with Crippen molar-refractivity contribution in [3.8, 4) is 0 Å². The third-order valence-electron chi connectivity index (χ3n) is 2.07. The first-order valence-electron chi connectivity index (χ1n) is 7.30. The zero-order valence-electron chi connectivity index (χ0n) is 14.1. The Hall–Kier alpha value is 0.0200. The maximum absolute atomic E-state index is 8.88. The average Bonchev–Trinajstić information content (AvgIpc) is 2.37. The molecule has 0 spiro atoms. The highest BCUT2D eigenvalue weighted by atomic mass is 31.2. The molecule has 0 fully saturated rings. The van der Waals surface area contributed by atoms with Crippen LogP contribution in [0.3, 0.4) is 0 Å². The lowest BCUT2D eigenvalue weighted by atomic mass is 10.3. The van der Waals surface area contributed by atoms with E-state index in [-0.39, 0.29) is 5.48 Å². The summed E-state index contributed by atoms with van der Waals surface area (Å²) in [5, 5.41) is 6.72. The van der Waals surface area contributed by atoms with Gasteiger partial charge in [0.05, 0.1) is 0 Å². The molecule has 0 rings (SSSR count). The number of rotatable bonds is 11. The monoisotopic (exact) mass is 416 g/mol. The molecule has 0 unspecified atom stereocenters. The minimum Gasteiger partial charge on any atom is -0.412 e. The van der Waals surface area contributed by atoms with Gasteiger partial charge in [-0.15, -0.1) is 0 Å². The summed E-state index contributed by atoms with van der Waals surface area (Å²) in [5.74, 6) is 0. The molecular weight excluding hydrogens is 382 g/mol. The Morgan fingerprint density at radius 2 is 0.800 bits per heavy atom. The van der Waals surface area contributed by atoms with Crippen molar-refractivity contribution >= 4 is 15.6 Å². The highest BCUT2D eigenvalue weighted by molar-refractivity contribution is 7.45. The van der Waals surface area contributed by atoms with Crippen molar-refractivity contribution in [3.05, 3.63) is 0 Å². The first-order chi connectivity index (χ1) is 10.9. The van der Waals surface area contributed by atoms with E-state index in [0.29, 0.717) is 0 Å². The van der Waals surface area contributed by atoms with Crippen molar-refractivity contribution in [2.75, 3.05) is 39.3 Å². The van der Waals surface area contributed by atoms with E-state index in [4.69, 9.17) is 50.0 Å². The van der Waals surface area contributed by atoms with Crippen LogP contribution in [0.2, 0.25) is 0 Å². The van der Waals surface area contributed by atoms with Gasteiger partial charge in [-0.2, -0.15) is 0 Å². The summed E-state index contributed by atoms with van der Waals surface area (Å²) >= 11 is 0. The second kappa shape index (κ2) is 22.1. The molecule has 0 heterocycles. The number of phosphoric acid groups is 2. The van der Waals surface area contributed by atoms with Gasteiger partial charge >= 0.3 is 15.6 Å². The maximum atomic E-state index is 8.88. The lowest BCUT2D eigenvalue weighted by Gasteiger charge is -2.04. The smallest absolute Gasteiger partial charge is 0.412 e. The lowest BCUT2D eigenvalue weighted by Crippen LogP contribution is -2.22. The molecular formula is C10H34N4O9P2. The predicted octanol–water partition coefficient (Wildman–Crippen LogP) is -3.04. The molecule has 0 aliphatic rings. The van der Waals surface area contributed by atoms with Gasteiger partial charge in [-0.3, -0.25) is 0 Å². The molecule has 14 N–H and O–H groups in total. The van der Waals surface area contributed by atoms with E-state index in [1.54, 1.807) is 0 Å². The van der Waals surface area contributed by atoms with Gasteiger partial charge in [-0.25, -0.2) is 9.13 Å². The molecule has 0 aliphatic heterocycles. The molecule has 0 saturated carbocycles. The van der Waals surface area contributed by atoms with Crippen LogP contribution in [0, 0.1) is 0 Å². The highest BCUT2D eigenvalue weighted by Crippen LogP contribution is 2.26. The largest absolute Gasteiger partial charge is 0.466 e. The number of nitrogens with one attached hydrogen (secondary N) is 2. The fraction of sp³-hybridized carbons (Fsp3) is 1.00. The van der Waals surface area contributed by atoms with Crippen LogP contribution in [-0.4, -0.2) is 74.1 Å². The summed E-state index contributed by atoms with van der Waals surface area (Å²) in [5.41, 5.74) is 10.8. The molecule has 0 amide bonds. The van der Waals surface area contributed by atoms with Crippen LogP contribution in [0.5, 0.6) is 0 Å². The number of unbranched alkanes of at least 4 members (excludes halogenated alkanes) is 1. The molecule has 15 heteroatoms. The third kappa shape index (κ3) is 95.9. The molecule has 0 atom stereocenters. The van der Waals surface area contributed by atoms with Crippen LogP contribution in [-0.2, 0) is 9.13 Å². The quantitative estimate of drug-likeness (QED) is 0.119. The van der Waals surface area contributed by atoms with Gasteiger partial charge in [-0.1, -0.05) is 0 Å². The number of hydrogen-bond acceptors (Lipinski definition) is 6. The van der Waals surface area contributed by atoms with Gasteiger partial charge in [0.1, 0.15) is 0 Å². The van der Waals surface area contributed by atoms with E-state index in [1.165, 1.54) is 12.8 Å². The Kier molecular flexibility index (Phi) is 28.8. The standard InChI is InChI=1S/C10H26N4.2H3O4P.H2O/c11-5-3-9-13-7-1-2-8-14-10-4-6-12;2*1-5(2,3)4;/h13-14H,1-12H2;2*(H3,1,2,3,4);1H2. The van der Waals surface area contributed by atoms with Crippen LogP contribution in [0.25, 0.3) is 0 Å². The second-order valence-electron chi connectivity index (χ2n) is 4.52. The number of hydrogen-bond donors (Lipinski definition) is 10. The first kappa shape index (κ1) is 32.7. The summed E-state index contributed by atoms with van der Waals surface area (Å²) in [6, 6.07) is 0. The zero-order chi connectivity index (χ0) is 19.5. The SMILES string of the molecule is NCCCNCCCCNCCCN.O.O=P(O)(O)O.O=P(O)(O)O. The van der Waals surface area contributed by atoms with Gasteiger partial charge in [0.15, 0.2) is 0 Å². The maximum Gasteiger partial charge on any atom is 0.466 e. The molecule has 0 saturated heterocycles. The topological polar surface area (TPSA) is 263 Å². The number of nitrogens with two attached hydrogens (primary N) is 2. The molecule has 0 aliphatic carbocycles. The van der Waals surface area contributed by atoms with Gasteiger partial charge in [-0.05, 0) is 65.0 Å². The normalized spacial score (nSPS) is 10.7. The second-order valence-corrected chi connectivity index (χ2v) is 6.57. The Morgan fingerprint density at radius 3 is 1.00 bits per heavy atom. The zero-order valence-corrected chi connectivity index (χ0v) is 15.9. The van der Waals surface area contributed by atoms with E-state index in [0.717, 1.165) is 52.1 Å². The van der Waals surface area contributed by atoms with Crippen molar-refractivity contribution in [3.63, 3.8) is 0 Å². The van der Waals surface area contributed by atoms with Crippen LogP contribution >= 0.6 is 15.6 Å². The summed E-state index contributed by atoms with van der Waals surface area (Å²) in [6.45, 7) is 5.90. The third-order valence-corrected chi connectivity index (χ3v) is 2.07. The Morgan fingerprint density at radius 1 is 0.600 bits per heavy atom. The molecule has 13 nitrogen and oxygen atoms in total. The Balaban J connectivity index is -0.000000166. The van der Waals surface area contributed by atoms with Crippen molar-refractivity contribution in [1.29, 1.82) is 0 Å². The van der Waals surface area contributed by atoms with Crippen LogP contribution < -0.4 is 22.1 Å². The summed E-state index contributed by atoms with van der Waals surface area (Å²) in [4.78, 5) is 43.1. The fourth-order valence-electron chi connectivity index (χ4n) is 1.20. The minimum absolute atomic E-state index is 0. The minimum atomic E-state index is -4.64. The van der Waals surface area contributed by atoms with Gasteiger partial charge in [0.25, 0.3) is 0 Å². The average molecular weight is 416 g/mol.